The van der Waals surface area contributed by atoms with E-state index in [1.165, 1.54) is 5.56 Å². The van der Waals surface area contributed by atoms with Gasteiger partial charge in [0, 0.05) is 38.2 Å². The summed E-state index contributed by atoms with van der Waals surface area (Å²) in [6.07, 6.45) is 2.00. The molecule has 5 heteroatoms. The summed E-state index contributed by atoms with van der Waals surface area (Å²) >= 11 is 0. The molecule has 0 atom stereocenters. The van der Waals surface area contributed by atoms with Crippen LogP contribution in [0.25, 0.3) is 0 Å². The summed E-state index contributed by atoms with van der Waals surface area (Å²) in [7, 11) is 0. The van der Waals surface area contributed by atoms with Crippen LogP contribution < -0.4 is 0 Å². The molecule has 1 aliphatic carbocycles. The first-order chi connectivity index (χ1) is 12.2. The van der Waals surface area contributed by atoms with Crippen LogP contribution >= 0.6 is 0 Å². The van der Waals surface area contributed by atoms with Crippen molar-refractivity contribution in [2.24, 2.45) is 5.92 Å². The van der Waals surface area contributed by atoms with Crippen LogP contribution in [0, 0.1) is 12.8 Å². The zero-order chi connectivity index (χ0) is 17.2. The second-order valence-electron chi connectivity index (χ2n) is 7.31. The molecule has 1 aromatic heterocycles. The number of aromatic nitrogens is 1. The van der Waals surface area contributed by atoms with Gasteiger partial charge in [-0.3, -0.25) is 9.69 Å². The summed E-state index contributed by atoms with van der Waals surface area (Å²) in [6, 6.07) is 12.5. The maximum atomic E-state index is 12.7. The van der Waals surface area contributed by atoms with E-state index in [1.54, 1.807) is 0 Å². The number of benzene rings is 1. The Hall–Kier alpha value is -2.14. The zero-order valence-corrected chi connectivity index (χ0v) is 14.7. The molecule has 2 aromatic rings. The molecule has 25 heavy (non-hydrogen) atoms. The average molecular weight is 339 g/mol. The second-order valence-corrected chi connectivity index (χ2v) is 7.31. The van der Waals surface area contributed by atoms with Crippen LogP contribution in [0.2, 0.25) is 0 Å². The lowest BCUT2D eigenvalue weighted by Gasteiger charge is -2.41. The van der Waals surface area contributed by atoms with E-state index in [2.05, 4.69) is 34.3 Å². The molecule has 1 saturated carbocycles. The van der Waals surface area contributed by atoms with E-state index in [0.717, 1.165) is 57.0 Å². The lowest BCUT2D eigenvalue weighted by Crippen LogP contribution is -2.51. The van der Waals surface area contributed by atoms with E-state index in [9.17, 15) is 4.79 Å². The van der Waals surface area contributed by atoms with Gasteiger partial charge in [-0.05, 0) is 31.2 Å². The lowest BCUT2D eigenvalue weighted by atomic mass is 9.71. The molecule has 5 nitrogen and oxygen atoms in total. The first-order valence-electron chi connectivity index (χ1n) is 9.17. The third-order valence-corrected chi connectivity index (χ3v) is 5.50. The van der Waals surface area contributed by atoms with E-state index in [4.69, 9.17) is 4.52 Å². The summed E-state index contributed by atoms with van der Waals surface area (Å²) in [5.41, 5.74) is 2.29. The van der Waals surface area contributed by atoms with Gasteiger partial charge in [0.15, 0.2) is 5.76 Å². The first kappa shape index (κ1) is 16.3. The average Bonchev–Trinajstić information content (AvgIpc) is 3.00. The van der Waals surface area contributed by atoms with Crippen molar-refractivity contribution >= 4 is 5.91 Å². The number of piperazine rings is 1. The summed E-state index contributed by atoms with van der Waals surface area (Å²) in [5, 5.41) is 3.93. The molecular weight excluding hydrogens is 314 g/mol. The van der Waals surface area contributed by atoms with Crippen molar-refractivity contribution in [1.29, 1.82) is 0 Å². The largest absolute Gasteiger partial charge is 0.360 e. The Morgan fingerprint density at radius 3 is 2.52 bits per heavy atom. The SMILES string of the molecule is Cc1cc(CN2CCN(C(=O)C3CC(c4ccccc4)C3)CC2)on1. The quantitative estimate of drug-likeness (QED) is 0.859. The molecular formula is C20H25N3O2. The predicted molar refractivity (Wildman–Crippen MR) is 95.0 cm³/mol. The minimum Gasteiger partial charge on any atom is -0.360 e. The third kappa shape index (κ3) is 3.61. The molecule has 2 heterocycles. The van der Waals surface area contributed by atoms with Crippen LogP contribution in [0.15, 0.2) is 40.9 Å². The van der Waals surface area contributed by atoms with Crippen LogP contribution in [-0.4, -0.2) is 47.0 Å². The van der Waals surface area contributed by atoms with Gasteiger partial charge in [-0.2, -0.15) is 0 Å². The van der Waals surface area contributed by atoms with Gasteiger partial charge in [-0.25, -0.2) is 0 Å². The van der Waals surface area contributed by atoms with Gasteiger partial charge in [-0.15, -0.1) is 0 Å². The molecule has 0 unspecified atom stereocenters. The Morgan fingerprint density at radius 2 is 1.88 bits per heavy atom. The summed E-state index contributed by atoms with van der Waals surface area (Å²) in [4.78, 5) is 17.1. The van der Waals surface area contributed by atoms with Gasteiger partial charge in [-0.1, -0.05) is 35.5 Å². The monoisotopic (exact) mass is 339 g/mol. The Balaban J connectivity index is 1.24. The summed E-state index contributed by atoms with van der Waals surface area (Å²) in [5.74, 6) is 2.03. The maximum absolute atomic E-state index is 12.7. The number of amides is 1. The van der Waals surface area contributed by atoms with Gasteiger partial charge in [0.2, 0.25) is 5.91 Å². The molecule has 2 fully saturated rings. The highest BCUT2D eigenvalue weighted by atomic mass is 16.5. The highest BCUT2D eigenvalue weighted by Crippen LogP contribution is 2.42. The van der Waals surface area contributed by atoms with Crippen LogP contribution in [0.3, 0.4) is 0 Å². The standard InChI is InChI=1S/C20H25N3O2/c1-15-11-19(25-21-15)14-22-7-9-23(10-8-22)20(24)18-12-17(13-18)16-5-3-2-4-6-16/h2-6,11,17-18H,7-10,12-14H2,1H3. The fourth-order valence-electron chi connectivity index (χ4n) is 3.91. The van der Waals surface area contributed by atoms with E-state index in [-0.39, 0.29) is 5.92 Å². The number of aryl methyl sites for hydroxylation is 1. The van der Waals surface area contributed by atoms with Crippen molar-refractivity contribution in [3.63, 3.8) is 0 Å². The van der Waals surface area contributed by atoms with Crippen molar-refractivity contribution in [2.75, 3.05) is 26.2 Å². The Labute approximate surface area is 148 Å². The molecule has 132 valence electrons. The number of hydrogen-bond acceptors (Lipinski definition) is 4. The summed E-state index contributed by atoms with van der Waals surface area (Å²) in [6.45, 7) is 6.16. The topological polar surface area (TPSA) is 49.6 Å². The zero-order valence-electron chi connectivity index (χ0n) is 14.7. The normalized spacial score (nSPS) is 24.1. The molecule has 1 aliphatic heterocycles. The lowest BCUT2D eigenvalue weighted by molar-refractivity contribution is -0.140. The number of carbonyl (C=O) groups excluding carboxylic acids is 1. The highest BCUT2D eigenvalue weighted by molar-refractivity contribution is 5.80. The maximum Gasteiger partial charge on any atom is 0.225 e. The molecule has 0 radical (unpaired) electrons. The molecule has 2 aliphatic rings. The van der Waals surface area contributed by atoms with Crippen molar-refractivity contribution in [3.8, 4) is 0 Å². The third-order valence-electron chi connectivity index (χ3n) is 5.50. The van der Waals surface area contributed by atoms with E-state index >= 15 is 0 Å². The van der Waals surface area contributed by atoms with Crippen LogP contribution in [0.1, 0.15) is 35.8 Å². The molecule has 0 bridgehead atoms. The molecule has 1 amide bonds. The van der Waals surface area contributed by atoms with Gasteiger partial charge < -0.3 is 9.42 Å². The highest BCUT2D eigenvalue weighted by Gasteiger charge is 2.38. The van der Waals surface area contributed by atoms with Gasteiger partial charge >= 0.3 is 0 Å². The van der Waals surface area contributed by atoms with Gasteiger partial charge in [0.05, 0.1) is 12.2 Å². The minimum absolute atomic E-state index is 0.216. The second kappa shape index (κ2) is 7.00. The van der Waals surface area contributed by atoms with Gasteiger partial charge in [0.1, 0.15) is 0 Å². The van der Waals surface area contributed by atoms with Crippen LogP contribution in [0.5, 0.6) is 0 Å². The Morgan fingerprint density at radius 1 is 1.16 bits per heavy atom. The molecule has 0 spiro atoms. The molecule has 4 rings (SSSR count). The molecule has 0 N–H and O–H groups in total. The van der Waals surface area contributed by atoms with Gasteiger partial charge in [0.25, 0.3) is 0 Å². The van der Waals surface area contributed by atoms with Crippen molar-refractivity contribution in [3.05, 3.63) is 53.4 Å². The minimum atomic E-state index is 0.216. The number of hydrogen-bond donors (Lipinski definition) is 0. The number of nitrogens with zero attached hydrogens (tertiary/aromatic N) is 3. The number of rotatable bonds is 4. The van der Waals surface area contributed by atoms with Crippen molar-refractivity contribution in [1.82, 2.24) is 15.0 Å². The van der Waals surface area contributed by atoms with Crippen LogP contribution in [-0.2, 0) is 11.3 Å². The fraction of sp³-hybridized carbons (Fsp3) is 0.500. The Bertz CT molecular complexity index is 714. The number of carbonyl (C=O) groups is 1. The van der Waals surface area contributed by atoms with E-state index < -0.39 is 0 Å². The van der Waals surface area contributed by atoms with E-state index in [0.29, 0.717) is 11.8 Å². The van der Waals surface area contributed by atoms with Crippen LogP contribution in [0.4, 0.5) is 0 Å². The smallest absolute Gasteiger partial charge is 0.225 e. The van der Waals surface area contributed by atoms with E-state index in [1.807, 2.05) is 24.0 Å². The first-order valence-corrected chi connectivity index (χ1v) is 9.17. The molecule has 1 aromatic carbocycles. The fourth-order valence-corrected chi connectivity index (χ4v) is 3.91. The molecule has 1 saturated heterocycles. The Kier molecular flexibility index (Phi) is 4.57. The predicted octanol–water partition coefficient (Wildman–Crippen LogP) is 2.82. The van der Waals surface area contributed by atoms with Crippen molar-refractivity contribution < 1.29 is 9.32 Å². The van der Waals surface area contributed by atoms with Crippen molar-refractivity contribution in [2.45, 2.75) is 32.2 Å². The summed E-state index contributed by atoms with van der Waals surface area (Å²) < 4.78 is 5.29.